The SMILES string of the molecule is CCOC(=O)NNC(=O)c1cn2ccc(C)cc2n1. The van der Waals surface area contributed by atoms with E-state index in [1.165, 1.54) is 0 Å². The lowest BCUT2D eigenvalue weighted by atomic mass is 10.3. The Balaban J connectivity index is 2.07. The molecule has 100 valence electrons. The smallest absolute Gasteiger partial charge is 0.426 e. The molecule has 0 saturated carbocycles. The number of aromatic nitrogens is 2. The minimum atomic E-state index is -0.713. The minimum Gasteiger partial charge on any atom is -0.449 e. The first kappa shape index (κ1) is 12.9. The molecular formula is C12H14N4O3. The molecule has 0 aliphatic heterocycles. The van der Waals surface area contributed by atoms with E-state index in [0.717, 1.165) is 5.56 Å². The predicted octanol–water partition coefficient (Wildman–Crippen LogP) is 1.03. The van der Waals surface area contributed by atoms with Crippen molar-refractivity contribution in [2.75, 3.05) is 6.61 Å². The van der Waals surface area contributed by atoms with Gasteiger partial charge in [-0.25, -0.2) is 15.2 Å². The molecule has 2 aromatic rings. The molecule has 7 nitrogen and oxygen atoms in total. The Morgan fingerprint density at radius 2 is 2.21 bits per heavy atom. The van der Waals surface area contributed by atoms with Gasteiger partial charge in [-0.2, -0.15) is 0 Å². The first-order valence-electron chi connectivity index (χ1n) is 5.78. The third-order valence-electron chi connectivity index (χ3n) is 2.40. The molecule has 2 heterocycles. The fourth-order valence-electron chi connectivity index (χ4n) is 1.53. The van der Waals surface area contributed by atoms with Gasteiger partial charge in [0.25, 0.3) is 5.91 Å². The van der Waals surface area contributed by atoms with Gasteiger partial charge in [0.15, 0.2) is 0 Å². The van der Waals surface area contributed by atoms with Crippen LogP contribution in [-0.2, 0) is 4.74 Å². The zero-order chi connectivity index (χ0) is 13.8. The molecule has 0 atom stereocenters. The number of pyridine rings is 1. The highest BCUT2D eigenvalue weighted by molar-refractivity contribution is 5.93. The Kier molecular flexibility index (Phi) is 3.65. The molecule has 19 heavy (non-hydrogen) atoms. The van der Waals surface area contributed by atoms with Crippen LogP contribution in [0.5, 0.6) is 0 Å². The molecule has 0 radical (unpaired) electrons. The highest BCUT2D eigenvalue weighted by atomic mass is 16.5. The van der Waals surface area contributed by atoms with Gasteiger partial charge in [-0.15, -0.1) is 0 Å². The maximum atomic E-state index is 11.8. The molecular weight excluding hydrogens is 248 g/mol. The van der Waals surface area contributed by atoms with Gasteiger partial charge in [-0.1, -0.05) is 0 Å². The summed E-state index contributed by atoms with van der Waals surface area (Å²) >= 11 is 0. The molecule has 2 amide bonds. The van der Waals surface area contributed by atoms with Gasteiger partial charge >= 0.3 is 6.09 Å². The lowest BCUT2D eigenvalue weighted by Gasteiger charge is -2.04. The Bertz CT molecular complexity index is 620. The van der Waals surface area contributed by atoms with Crippen LogP contribution in [0.2, 0.25) is 0 Å². The first-order valence-corrected chi connectivity index (χ1v) is 5.78. The molecule has 0 saturated heterocycles. The van der Waals surface area contributed by atoms with Crippen LogP contribution in [0.25, 0.3) is 5.65 Å². The summed E-state index contributed by atoms with van der Waals surface area (Å²) in [5.74, 6) is -0.505. The van der Waals surface area contributed by atoms with Crippen molar-refractivity contribution < 1.29 is 14.3 Å². The normalized spacial score (nSPS) is 10.2. The van der Waals surface area contributed by atoms with Crippen molar-refractivity contribution >= 4 is 17.6 Å². The number of carbonyl (C=O) groups excluding carboxylic acids is 2. The first-order chi connectivity index (χ1) is 9.10. The van der Waals surface area contributed by atoms with Crippen molar-refractivity contribution in [2.45, 2.75) is 13.8 Å². The van der Waals surface area contributed by atoms with Crippen LogP contribution in [0.4, 0.5) is 4.79 Å². The maximum Gasteiger partial charge on any atom is 0.426 e. The summed E-state index contributed by atoms with van der Waals surface area (Å²) in [6.45, 7) is 3.85. The topological polar surface area (TPSA) is 84.7 Å². The van der Waals surface area contributed by atoms with Crippen molar-refractivity contribution in [1.82, 2.24) is 20.2 Å². The number of amides is 2. The Hall–Kier alpha value is -2.57. The predicted molar refractivity (Wildman–Crippen MR) is 67.6 cm³/mol. The third kappa shape index (κ3) is 3.01. The van der Waals surface area contributed by atoms with E-state index in [1.807, 2.05) is 25.3 Å². The number of aryl methyl sites for hydroxylation is 1. The molecule has 0 bridgehead atoms. The molecule has 0 aliphatic carbocycles. The number of imidazole rings is 1. The van der Waals surface area contributed by atoms with Crippen LogP contribution in [0.15, 0.2) is 24.5 Å². The average Bonchev–Trinajstić information content (AvgIpc) is 2.79. The lowest BCUT2D eigenvalue weighted by Crippen LogP contribution is -2.42. The van der Waals surface area contributed by atoms with E-state index in [0.29, 0.717) is 5.65 Å². The van der Waals surface area contributed by atoms with Crippen molar-refractivity contribution in [3.63, 3.8) is 0 Å². The molecule has 0 aliphatic rings. The summed E-state index contributed by atoms with van der Waals surface area (Å²) in [5.41, 5.74) is 6.28. The van der Waals surface area contributed by atoms with Crippen LogP contribution in [0.1, 0.15) is 23.0 Å². The van der Waals surface area contributed by atoms with Crippen molar-refractivity contribution in [3.8, 4) is 0 Å². The number of fused-ring (bicyclic) bond motifs is 1. The molecule has 0 fully saturated rings. The summed E-state index contributed by atoms with van der Waals surface area (Å²) in [7, 11) is 0. The summed E-state index contributed by atoms with van der Waals surface area (Å²) in [4.78, 5) is 26.9. The van der Waals surface area contributed by atoms with Crippen molar-refractivity contribution in [2.24, 2.45) is 0 Å². The largest absolute Gasteiger partial charge is 0.449 e. The number of nitrogens with one attached hydrogen (secondary N) is 2. The van der Waals surface area contributed by atoms with Gasteiger partial charge in [0.05, 0.1) is 6.61 Å². The Morgan fingerprint density at radius 3 is 2.95 bits per heavy atom. The number of ether oxygens (including phenoxy) is 1. The van der Waals surface area contributed by atoms with Crippen LogP contribution < -0.4 is 10.9 Å². The van der Waals surface area contributed by atoms with Gasteiger partial charge in [0.1, 0.15) is 11.3 Å². The van der Waals surface area contributed by atoms with Crippen LogP contribution in [0.3, 0.4) is 0 Å². The fourth-order valence-corrected chi connectivity index (χ4v) is 1.53. The number of hydrogen-bond donors (Lipinski definition) is 2. The molecule has 7 heteroatoms. The number of nitrogens with zero attached hydrogens (tertiary/aromatic N) is 2. The van der Waals surface area contributed by atoms with Crippen LogP contribution >= 0.6 is 0 Å². The van der Waals surface area contributed by atoms with Crippen LogP contribution in [0, 0.1) is 6.92 Å². The molecule has 2 aromatic heterocycles. The highest BCUT2D eigenvalue weighted by Gasteiger charge is 2.11. The molecule has 0 unspecified atom stereocenters. The van der Waals surface area contributed by atoms with Crippen molar-refractivity contribution in [1.29, 1.82) is 0 Å². The van der Waals surface area contributed by atoms with Crippen LogP contribution in [-0.4, -0.2) is 28.0 Å². The van der Waals surface area contributed by atoms with E-state index >= 15 is 0 Å². The number of hydrazine groups is 1. The third-order valence-corrected chi connectivity index (χ3v) is 2.40. The quantitative estimate of drug-likeness (QED) is 0.792. The second kappa shape index (κ2) is 5.38. The van der Waals surface area contributed by atoms with Gasteiger partial charge < -0.3 is 9.14 Å². The van der Waals surface area contributed by atoms with Gasteiger partial charge in [-0.05, 0) is 31.5 Å². The van der Waals surface area contributed by atoms with Crippen molar-refractivity contribution in [3.05, 3.63) is 35.8 Å². The van der Waals surface area contributed by atoms with E-state index in [-0.39, 0.29) is 12.3 Å². The molecule has 2 rings (SSSR count). The van der Waals surface area contributed by atoms with E-state index in [4.69, 9.17) is 0 Å². The summed E-state index contributed by atoms with van der Waals surface area (Å²) in [6.07, 6.45) is 2.68. The minimum absolute atomic E-state index is 0.211. The number of hydrogen-bond acceptors (Lipinski definition) is 4. The Labute approximate surface area is 109 Å². The van der Waals surface area contributed by atoms with E-state index < -0.39 is 12.0 Å². The molecule has 0 aromatic carbocycles. The highest BCUT2D eigenvalue weighted by Crippen LogP contribution is 2.07. The van der Waals surface area contributed by atoms with E-state index in [2.05, 4.69) is 20.6 Å². The molecule has 0 spiro atoms. The second-order valence-corrected chi connectivity index (χ2v) is 3.90. The lowest BCUT2D eigenvalue weighted by molar-refractivity contribution is 0.0908. The number of rotatable bonds is 2. The number of carbonyl (C=O) groups is 2. The fraction of sp³-hybridized carbons (Fsp3) is 0.250. The maximum absolute atomic E-state index is 11.8. The zero-order valence-corrected chi connectivity index (χ0v) is 10.6. The second-order valence-electron chi connectivity index (χ2n) is 3.90. The van der Waals surface area contributed by atoms with Gasteiger partial charge in [0.2, 0.25) is 0 Å². The monoisotopic (exact) mass is 262 g/mol. The summed E-state index contributed by atoms with van der Waals surface area (Å²) in [5, 5.41) is 0. The molecule has 2 N–H and O–H groups in total. The van der Waals surface area contributed by atoms with E-state index in [1.54, 1.807) is 17.5 Å². The summed E-state index contributed by atoms with van der Waals surface area (Å²) in [6, 6.07) is 3.77. The van der Waals surface area contributed by atoms with Gasteiger partial charge in [-0.3, -0.25) is 10.2 Å². The Morgan fingerprint density at radius 1 is 1.42 bits per heavy atom. The van der Waals surface area contributed by atoms with E-state index in [9.17, 15) is 9.59 Å². The zero-order valence-electron chi connectivity index (χ0n) is 10.6. The standard InChI is InChI=1S/C12H14N4O3/c1-3-19-12(18)15-14-11(17)9-7-16-5-4-8(2)6-10(16)13-9/h4-7H,3H2,1-2H3,(H,14,17)(H,15,18). The van der Waals surface area contributed by atoms with Gasteiger partial charge in [0, 0.05) is 12.4 Å². The average molecular weight is 262 g/mol. The summed E-state index contributed by atoms with van der Waals surface area (Å²) < 4.78 is 6.34.